The number of hydrogen-bond acceptors (Lipinski definition) is 5. The molecule has 0 bridgehead atoms. The third-order valence-electron chi connectivity index (χ3n) is 5.11. The number of thioether (sulfide) groups is 1. The Labute approximate surface area is 197 Å². The molecule has 1 aromatic heterocycles. The van der Waals surface area contributed by atoms with Crippen LogP contribution in [-0.4, -0.2) is 32.3 Å². The van der Waals surface area contributed by atoms with Crippen LogP contribution in [0.3, 0.4) is 0 Å². The van der Waals surface area contributed by atoms with Gasteiger partial charge in [0, 0.05) is 12.2 Å². The summed E-state index contributed by atoms with van der Waals surface area (Å²) in [7, 11) is 0. The average Bonchev–Trinajstić information content (AvgIpc) is 3.21. The number of hydrogen-bond donors (Lipinski definition) is 2. The maximum atomic E-state index is 13.9. The van der Waals surface area contributed by atoms with E-state index in [1.54, 1.807) is 13.0 Å². The van der Waals surface area contributed by atoms with E-state index in [-0.39, 0.29) is 17.2 Å². The fraction of sp³-hybridized carbons (Fsp3) is 0.333. The molecule has 2 N–H and O–H groups in total. The summed E-state index contributed by atoms with van der Waals surface area (Å²) in [6.45, 7) is 8.49. The van der Waals surface area contributed by atoms with Gasteiger partial charge in [-0.05, 0) is 49.6 Å². The molecule has 1 unspecified atom stereocenters. The lowest BCUT2D eigenvalue weighted by molar-refractivity contribution is -0.113. The molecule has 0 aliphatic rings. The number of carbonyl (C=O) groups excluding carboxylic acids is 2. The molecule has 3 aromatic rings. The van der Waals surface area contributed by atoms with E-state index in [0.29, 0.717) is 23.4 Å². The van der Waals surface area contributed by atoms with E-state index in [4.69, 9.17) is 0 Å². The van der Waals surface area contributed by atoms with Crippen molar-refractivity contribution in [2.75, 3.05) is 11.1 Å². The quantitative estimate of drug-likeness (QED) is 0.440. The molecule has 1 atom stereocenters. The molecular formula is C24H28FN5O2S. The van der Waals surface area contributed by atoms with Gasteiger partial charge < -0.3 is 15.2 Å². The molecule has 0 radical (unpaired) electrons. The van der Waals surface area contributed by atoms with Gasteiger partial charge in [-0.25, -0.2) is 4.39 Å². The lowest BCUT2D eigenvalue weighted by atomic mass is 10.0. The van der Waals surface area contributed by atoms with E-state index in [9.17, 15) is 14.0 Å². The van der Waals surface area contributed by atoms with Gasteiger partial charge in [-0.2, -0.15) is 0 Å². The van der Waals surface area contributed by atoms with E-state index in [0.717, 1.165) is 5.69 Å². The van der Waals surface area contributed by atoms with Crippen molar-refractivity contribution in [2.45, 2.75) is 51.4 Å². The minimum absolute atomic E-state index is 0.0281. The van der Waals surface area contributed by atoms with Crippen LogP contribution in [0.1, 0.15) is 61.4 Å². The van der Waals surface area contributed by atoms with Gasteiger partial charge >= 0.3 is 0 Å². The lowest BCUT2D eigenvalue weighted by Gasteiger charge is -2.15. The molecule has 33 heavy (non-hydrogen) atoms. The number of carbonyl (C=O) groups is 2. The lowest BCUT2D eigenvalue weighted by Crippen LogP contribution is -2.29. The molecule has 0 aliphatic heterocycles. The Morgan fingerprint density at radius 2 is 1.76 bits per heavy atom. The average molecular weight is 470 g/mol. The number of nitrogens with zero attached hydrogens (tertiary/aromatic N) is 3. The number of nitrogens with one attached hydrogen (secondary N) is 2. The Morgan fingerprint density at radius 3 is 2.39 bits per heavy atom. The van der Waals surface area contributed by atoms with Crippen molar-refractivity contribution in [1.29, 1.82) is 0 Å². The molecule has 0 spiro atoms. The minimum atomic E-state index is -0.583. The first kappa shape index (κ1) is 24.4. The molecule has 174 valence electrons. The van der Waals surface area contributed by atoms with E-state index in [1.807, 2.05) is 35.8 Å². The Morgan fingerprint density at radius 1 is 1.06 bits per heavy atom. The standard InChI is InChI=1S/C24H28FN5O2S/c1-5-30-22(16(4)26-23(32)19-8-6-7-9-20(19)25)28-29-24(30)33-14-21(31)27-18-12-10-17(11-13-18)15(2)3/h6-13,15-16H,5,14H2,1-4H3,(H,26,32)(H,27,31). The topological polar surface area (TPSA) is 88.9 Å². The van der Waals surface area contributed by atoms with Gasteiger partial charge in [0.05, 0.1) is 17.4 Å². The molecule has 0 saturated heterocycles. The van der Waals surface area contributed by atoms with Crippen molar-refractivity contribution in [2.24, 2.45) is 0 Å². The summed E-state index contributed by atoms with van der Waals surface area (Å²) in [5.74, 6) is -0.123. The number of halogens is 1. The van der Waals surface area contributed by atoms with Crippen molar-refractivity contribution in [3.05, 3.63) is 71.3 Å². The normalized spacial score (nSPS) is 11.9. The summed E-state index contributed by atoms with van der Waals surface area (Å²) in [4.78, 5) is 24.8. The predicted octanol–water partition coefficient (Wildman–Crippen LogP) is 4.78. The van der Waals surface area contributed by atoms with Gasteiger partial charge in [0.25, 0.3) is 5.91 Å². The maximum absolute atomic E-state index is 13.9. The maximum Gasteiger partial charge on any atom is 0.254 e. The SMILES string of the molecule is CCn1c(SCC(=O)Nc2ccc(C(C)C)cc2)nnc1C(C)NC(=O)c1ccccc1F. The summed E-state index contributed by atoms with van der Waals surface area (Å²) in [6, 6.07) is 13.1. The highest BCUT2D eigenvalue weighted by molar-refractivity contribution is 7.99. The molecule has 1 heterocycles. The third kappa shape index (κ3) is 6.19. The first-order chi connectivity index (χ1) is 15.8. The monoisotopic (exact) mass is 469 g/mol. The Balaban J connectivity index is 1.61. The number of benzene rings is 2. The van der Waals surface area contributed by atoms with Gasteiger partial charge in [0.1, 0.15) is 5.82 Å². The predicted molar refractivity (Wildman–Crippen MR) is 128 cm³/mol. The highest BCUT2D eigenvalue weighted by atomic mass is 32.2. The number of anilines is 1. The Bertz CT molecular complexity index is 1110. The fourth-order valence-electron chi connectivity index (χ4n) is 3.29. The van der Waals surface area contributed by atoms with Crippen LogP contribution >= 0.6 is 11.8 Å². The number of amides is 2. The fourth-order valence-corrected chi connectivity index (χ4v) is 4.10. The van der Waals surface area contributed by atoms with Gasteiger partial charge in [0.2, 0.25) is 5.91 Å². The summed E-state index contributed by atoms with van der Waals surface area (Å²) in [5, 5.41) is 14.6. The smallest absolute Gasteiger partial charge is 0.254 e. The van der Waals surface area contributed by atoms with Crippen molar-refractivity contribution in [3.8, 4) is 0 Å². The van der Waals surface area contributed by atoms with Crippen molar-refractivity contribution in [1.82, 2.24) is 20.1 Å². The first-order valence-corrected chi connectivity index (χ1v) is 11.8. The molecule has 7 nitrogen and oxygen atoms in total. The van der Waals surface area contributed by atoms with Crippen LogP contribution in [0.4, 0.5) is 10.1 Å². The molecule has 9 heteroatoms. The van der Waals surface area contributed by atoms with Crippen LogP contribution in [0.15, 0.2) is 53.7 Å². The van der Waals surface area contributed by atoms with Crippen molar-refractivity contribution < 1.29 is 14.0 Å². The molecule has 0 fully saturated rings. The zero-order valence-electron chi connectivity index (χ0n) is 19.1. The minimum Gasteiger partial charge on any atom is -0.342 e. The zero-order valence-corrected chi connectivity index (χ0v) is 19.9. The van der Waals surface area contributed by atoms with Gasteiger partial charge in [0.15, 0.2) is 11.0 Å². The van der Waals surface area contributed by atoms with E-state index < -0.39 is 17.8 Å². The molecule has 3 rings (SSSR count). The molecule has 2 aromatic carbocycles. The molecule has 0 aliphatic carbocycles. The first-order valence-electron chi connectivity index (χ1n) is 10.8. The third-order valence-corrected chi connectivity index (χ3v) is 6.08. The van der Waals surface area contributed by atoms with Crippen LogP contribution in [0.5, 0.6) is 0 Å². The van der Waals surface area contributed by atoms with E-state index in [1.165, 1.54) is 35.5 Å². The number of rotatable bonds is 9. The molecular weight excluding hydrogens is 441 g/mol. The van der Waals surface area contributed by atoms with Crippen LogP contribution in [0.25, 0.3) is 0 Å². The van der Waals surface area contributed by atoms with Crippen LogP contribution in [0, 0.1) is 5.82 Å². The highest BCUT2D eigenvalue weighted by Gasteiger charge is 2.21. The molecule has 2 amide bonds. The second kappa shape index (κ2) is 11.1. The van der Waals surface area contributed by atoms with Crippen LogP contribution in [0.2, 0.25) is 0 Å². The van der Waals surface area contributed by atoms with Crippen LogP contribution < -0.4 is 10.6 Å². The van der Waals surface area contributed by atoms with Crippen molar-refractivity contribution in [3.63, 3.8) is 0 Å². The second-order valence-electron chi connectivity index (χ2n) is 7.87. The molecule has 0 saturated carbocycles. The summed E-state index contributed by atoms with van der Waals surface area (Å²) < 4.78 is 15.7. The number of aromatic nitrogens is 3. The van der Waals surface area contributed by atoms with Crippen molar-refractivity contribution >= 4 is 29.3 Å². The van der Waals surface area contributed by atoms with Gasteiger partial charge in [-0.1, -0.05) is 49.9 Å². The summed E-state index contributed by atoms with van der Waals surface area (Å²) >= 11 is 1.27. The highest BCUT2D eigenvalue weighted by Crippen LogP contribution is 2.22. The summed E-state index contributed by atoms with van der Waals surface area (Å²) in [5.41, 5.74) is 1.92. The van der Waals surface area contributed by atoms with Crippen LogP contribution in [-0.2, 0) is 11.3 Å². The Kier molecular flexibility index (Phi) is 8.21. The van der Waals surface area contributed by atoms with E-state index >= 15 is 0 Å². The largest absolute Gasteiger partial charge is 0.342 e. The second-order valence-corrected chi connectivity index (χ2v) is 8.82. The van der Waals surface area contributed by atoms with Gasteiger partial charge in [-0.3, -0.25) is 9.59 Å². The van der Waals surface area contributed by atoms with Gasteiger partial charge in [-0.15, -0.1) is 10.2 Å². The Hall–Kier alpha value is -3.20. The van der Waals surface area contributed by atoms with E-state index in [2.05, 4.69) is 34.7 Å². The summed E-state index contributed by atoms with van der Waals surface area (Å²) in [6.07, 6.45) is 0. The zero-order chi connectivity index (χ0) is 24.0.